The van der Waals surface area contributed by atoms with Crippen molar-refractivity contribution in [3.05, 3.63) is 64.2 Å². The Morgan fingerprint density at radius 3 is 2.92 bits per heavy atom. The molecule has 0 unspecified atom stereocenters. The minimum Gasteiger partial charge on any atom is -0.467 e. The standard InChI is InChI=1S/C18H19ClN2O2S/c1-12(13-5-3-2-4-6-13)21-18(20)24-10-15-8-16(19)7-14-9-22-11-23-17(14)15/h2-8,12H,9-11H2,1H3,(H2,20,21)/t12-/m1/s1. The molecule has 4 nitrogen and oxygen atoms in total. The third-order valence-corrected chi connectivity index (χ3v) is 4.80. The first-order valence-electron chi connectivity index (χ1n) is 7.66. The van der Waals surface area contributed by atoms with E-state index in [2.05, 4.69) is 4.99 Å². The summed E-state index contributed by atoms with van der Waals surface area (Å²) in [5, 5.41) is 1.22. The number of hydrogen-bond acceptors (Lipinski definition) is 4. The van der Waals surface area contributed by atoms with Crippen molar-refractivity contribution >= 4 is 28.5 Å². The highest BCUT2D eigenvalue weighted by atomic mass is 35.5. The molecule has 2 aromatic carbocycles. The number of nitrogens with zero attached hydrogens (tertiary/aromatic N) is 1. The summed E-state index contributed by atoms with van der Waals surface area (Å²) in [5.41, 5.74) is 9.21. The van der Waals surface area contributed by atoms with E-state index in [9.17, 15) is 0 Å². The van der Waals surface area contributed by atoms with Gasteiger partial charge in [-0.2, -0.15) is 0 Å². The summed E-state index contributed by atoms with van der Waals surface area (Å²) in [7, 11) is 0. The molecule has 0 aromatic heterocycles. The minimum absolute atomic E-state index is 0.0247. The van der Waals surface area contributed by atoms with Crippen LogP contribution in [-0.4, -0.2) is 12.0 Å². The van der Waals surface area contributed by atoms with Crippen molar-refractivity contribution in [2.45, 2.75) is 25.3 Å². The van der Waals surface area contributed by atoms with E-state index in [1.54, 1.807) is 0 Å². The van der Waals surface area contributed by atoms with E-state index < -0.39 is 0 Å². The number of ether oxygens (including phenoxy) is 2. The van der Waals surface area contributed by atoms with Crippen LogP contribution in [-0.2, 0) is 17.1 Å². The largest absolute Gasteiger partial charge is 0.467 e. The molecule has 1 heterocycles. The van der Waals surface area contributed by atoms with Crippen LogP contribution in [0.25, 0.3) is 0 Å². The monoisotopic (exact) mass is 362 g/mol. The Morgan fingerprint density at radius 1 is 1.33 bits per heavy atom. The van der Waals surface area contributed by atoms with E-state index in [1.807, 2.05) is 49.4 Å². The number of rotatable bonds is 4. The first kappa shape index (κ1) is 17.1. The van der Waals surface area contributed by atoms with Crippen LogP contribution in [0.2, 0.25) is 5.02 Å². The predicted octanol–water partition coefficient (Wildman–Crippen LogP) is 4.52. The summed E-state index contributed by atoms with van der Waals surface area (Å²) in [4.78, 5) is 4.56. The fourth-order valence-electron chi connectivity index (χ4n) is 2.55. The van der Waals surface area contributed by atoms with Crippen molar-refractivity contribution in [1.82, 2.24) is 0 Å². The predicted molar refractivity (Wildman–Crippen MR) is 99.5 cm³/mol. The molecule has 2 aromatic rings. The van der Waals surface area contributed by atoms with Crippen LogP contribution in [0.4, 0.5) is 0 Å². The number of thioether (sulfide) groups is 1. The fraction of sp³-hybridized carbons (Fsp3) is 0.278. The van der Waals surface area contributed by atoms with Crippen LogP contribution < -0.4 is 10.5 Å². The highest BCUT2D eigenvalue weighted by Crippen LogP contribution is 2.34. The Hall–Kier alpha value is -1.69. The molecule has 0 amide bonds. The van der Waals surface area contributed by atoms with Crippen LogP contribution in [0.15, 0.2) is 47.5 Å². The SMILES string of the molecule is C[C@@H](N=C(N)SCc1cc(Cl)cc2c1OCOC2)c1ccccc1. The van der Waals surface area contributed by atoms with Crippen LogP contribution in [0, 0.1) is 0 Å². The maximum absolute atomic E-state index is 6.18. The molecule has 2 N–H and O–H groups in total. The molecule has 0 spiro atoms. The molecule has 1 atom stereocenters. The zero-order chi connectivity index (χ0) is 16.9. The van der Waals surface area contributed by atoms with Gasteiger partial charge < -0.3 is 15.2 Å². The average molecular weight is 363 g/mol. The molecule has 24 heavy (non-hydrogen) atoms. The Bertz CT molecular complexity index is 737. The van der Waals surface area contributed by atoms with Gasteiger partial charge in [-0.15, -0.1) is 0 Å². The van der Waals surface area contributed by atoms with Gasteiger partial charge in [0.25, 0.3) is 0 Å². The Balaban J connectivity index is 1.69. The summed E-state index contributed by atoms with van der Waals surface area (Å²) in [5.74, 6) is 1.50. The lowest BCUT2D eigenvalue weighted by Gasteiger charge is -2.21. The number of aliphatic imine (C=N–C) groups is 1. The lowest BCUT2D eigenvalue weighted by atomic mass is 10.1. The Kier molecular flexibility index (Phi) is 5.66. The summed E-state index contributed by atoms with van der Waals surface area (Å²) < 4.78 is 10.9. The molecular formula is C18H19ClN2O2S. The normalized spacial score (nSPS) is 15.5. The molecule has 126 valence electrons. The maximum Gasteiger partial charge on any atom is 0.189 e. The van der Waals surface area contributed by atoms with Crippen LogP contribution in [0.5, 0.6) is 5.75 Å². The van der Waals surface area contributed by atoms with Crippen LogP contribution in [0.3, 0.4) is 0 Å². The van der Waals surface area contributed by atoms with Gasteiger partial charge in [-0.1, -0.05) is 53.7 Å². The molecule has 0 aliphatic carbocycles. The lowest BCUT2D eigenvalue weighted by molar-refractivity contribution is -0.0168. The fourth-order valence-corrected chi connectivity index (χ4v) is 3.56. The van der Waals surface area contributed by atoms with Gasteiger partial charge in [0.05, 0.1) is 12.6 Å². The molecule has 1 aliphatic rings. The van der Waals surface area contributed by atoms with Gasteiger partial charge in [0.2, 0.25) is 0 Å². The van der Waals surface area contributed by atoms with Gasteiger partial charge in [0, 0.05) is 21.9 Å². The molecule has 0 saturated carbocycles. The number of amidine groups is 1. The molecule has 0 fully saturated rings. The molecule has 1 aliphatic heterocycles. The first-order chi connectivity index (χ1) is 11.6. The zero-order valence-electron chi connectivity index (χ0n) is 13.4. The lowest BCUT2D eigenvalue weighted by Crippen LogP contribution is -2.14. The Morgan fingerprint density at radius 2 is 2.12 bits per heavy atom. The van der Waals surface area contributed by atoms with Crippen LogP contribution >= 0.6 is 23.4 Å². The highest BCUT2D eigenvalue weighted by Gasteiger charge is 2.17. The van der Waals surface area contributed by atoms with Gasteiger partial charge in [-0.25, -0.2) is 0 Å². The molecule has 6 heteroatoms. The Labute approximate surface area is 151 Å². The van der Waals surface area contributed by atoms with Crippen molar-refractivity contribution in [2.24, 2.45) is 10.7 Å². The number of halogens is 1. The van der Waals surface area contributed by atoms with E-state index >= 15 is 0 Å². The summed E-state index contributed by atoms with van der Waals surface area (Å²) >= 11 is 7.66. The summed E-state index contributed by atoms with van der Waals surface area (Å²) in [6.45, 7) is 2.81. The van der Waals surface area contributed by atoms with E-state index in [0.717, 1.165) is 22.4 Å². The minimum atomic E-state index is 0.0247. The number of hydrogen-bond donors (Lipinski definition) is 1. The molecular weight excluding hydrogens is 344 g/mol. The molecule has 0 radical (unpaired) electrons. The molecule has 3 rings (SSSR count). The quantitative estimate of drug-likeness (QED) is 0.642. The van der Waals surface area contributed by atoms with Crippen molar-refractivity contribution in [3.63, 3.8) is 0 Å². The highest BCUT2D eigenvalue weighted by molar-refractivity contribution is 8.13. The third kappa shape index (κ3) is 4.23. The molecule has 0 saturated heterocycles. The van der Waals surface area contributed by atoms with Crippen molar-refractivity contribution in [1.29, 1.82) is 0 Å². The van der Waals surface area contributed by atoms with Crippen molar-refractivity contribution in [2.75, 3.05) is 6.79 Å². The first-order valence-corrected chi connectivity index (χ1v) is 9.02. The summed E-state index contributed by atoms with van der Waals surface area (Å²) in [6, 6.07) is 13.9. The number of benzene rings is 2. The van der Waals surface area contributed by atoms with E-state index in [-0.39, 0.29) is 12.8 Å². The summed E-state index contributed by atoms with van der Waals surface area (Å²) in [6.07, 6.45) is 0. The second-order valence-corrected chi connectivity index (χ2v) is 6.94. The van der Waals surface area contributed by atoms with Crippen molar-refractivity contribution in [3.8, 4) is 5.75 Å². The van der Waals surface area contributed by atoms with Gasteiger partial charge >= 0.3 is 0 Å². The van der Waals surface area contributed by atoms with E-state index in [1.165, 1.54) is 11.8 Å². The van der Waals surface area contributed by atoms with E-state index in [0.29, 0.717) is 22.6 Å². The van der Waals surface area contributed by atoms with Gasteiger partial charge in [0.15, 0.2) is 12.0 Å². The topological polar surface area (TPSA) is 56.8 Å². The molecule has 0 bridgehead atoms. The van der Waals surface area contributed by atoms with E-state index in [4.69, 9.17) is 26.8 Å². The van der Waals surface area contributed by atoms with Crippen molar-refractivity contribution < 1.29 is 9.47 Å². The second kappa shape index (κ2) is 7.92. The maximum atomic E-state index is 6.18. The van der Waals surface area contributed by atoms with Gasteiger partial charge in [-0.05, 0) is 24.6 Å². The third-order valence-electron chi connectivity index (χ3n) is 3.73. The second-order valence-electron chi connectivity index (χ2n) is 5.51. The van der Waals surface area contributed by atoms with Gasteiger partial charge in [0.1, 0.15) is 5.75 Å². The van der Waals surface area contributed by atoms with Crippen LogP contribution in [0.1, 0.15) is 29.7 Å². The van der Waals surface area contributed by atoms with Gasteiger partial charge in [-0.3, -0.25) is 4.99 Å². The smallest absolute Gasteiger partial charge is 0.189 e. The average Bonchev–Trinajstić information content (AvgIpc) is 2.60. The number of fused-ring (bicyclic) bond motifs is 1. The zero-order valence-corrected chi connectivity index (χ0v) is 14.9. The number of nitrogens with two attached hydrogens (primary N) is 1.